The van der Waals surface area contributed by atoms with Crippen LogP contribution in [0.4, 0.5) is 0 Å². The third-order valence-corrected chi connectivity index (χ3v) is 3.65. The van der Waals surface area contributed by atoms with Crippen LogP contribution in [-0.2, 0) is 4.79 Å². The van der Waals surface area contributed by atoms with E-state index in [4.69, 9.17) is 10.8 Å². The second kappa shape index (κ2) is 7.16. The van der Waals surface area contributed by atoms with E-state index in [2.05, 4.69) is 0 Å². The summed E-state index contributed by atoms with van der Waals surface area (Å²) >= 11 is 0. The van der Waals surface area contributed by atoms with E-state index in [1.807, 2.05) is 6.92 Å². The first-order valence-electron chi connectivity index (χ1n) is 6.58. The van der Waals surface area contributed by atoms with Crippen LogP contribution in [0.2, 0.25) is 0 Å². The van der Waals surface area contributed by atoms with Crippen LogP contribution in [0, 0.1) is 0 Å². The van der Waals surface area contributed by atoms with Gasteiger partial charge in [0.1, 0.15) is 0 Å². The highest BCUT2D eigenvalue weighted by molar-refractivity contribution is 5.69. The number of hydrogen-bond donors (Lipinski definition) is 5. The van der Waals surface area contributed by atoms with Crippen LogP contribution < -0.4 is 5.73 Å². The normalized spacial score (nSPS) is 33.5. The van der Waals surface area contributed by atoms with Crippen molar-refractivity contribution in [2.75, 3.05) is 13.2 Å². The Balaban J connectivity index is 2.69. The molecule has 1 saturated heterocycles. The number of carboxylic acids is 1. The lowest BCUT2D eigenvalue weighted by Crippen LogP contribution is -2.44. The van der Waals surface area contributed by atoms with Crippen LogP contribution in [0.25, 0.3) is 0 Å². The van der Waals surface area contributed by atoms with Crippen molar-refractivity contribution in [3.8, 4) is 0 Å². The fourth-order valence-corrected chi connectivity index (χ4v) is 2.68. The van der Waals surface area contributed by atoms with Crippen LogP contribution >= 0.6 is 0 Å². The Bertz CT molecular complexity index is 300. The number of aliphatic hydroxyl groups excluding tert-OH is 3. The Kier molecular flexibility index (Phi) is 6.15. The molecule has 1 rings (SSSR count). The molecule has 5 unspecified atom stereocenters. The number of nitrogens with zero attached hydrogens (tertiary/aromatic N) is 1. The molecule has 0 aromatic carbocycles. The van der Waals surface area contributed by atoms with Crippen molar-refractivity contribution < 1.29 is 25.2 Å². The molecule has 0 bridgehead atoms. The first-order valence-corrected chi connectivity index (χ1v) is 6.58. The van der Waals surface area contributed by atoms with Gasteiger partial charge in [0.2, 0.25) is 0 Å². The summed E-state index contributed by atoms with van der Waals surface area (Å²) in [6, 6.07) is -1.14. The second-order valence-electron chi connectivity index (χ2n) is 5.27. The molecule has 0 aromatic rings. The standard InChI is InChI=1S/C12H24N2O5/c1-7(13)3-2-4-8-11(18)12(19)9(6-15)14(8)5-10(16)17/h7-9,11-12,15,18-19H,2-6,13H2,1H3,(H,16,17). The summed E-state index contributed by atoms with van der Waals surface area (Å²) in [4.78, 5) is 12.3. The van der Waals surface area contributed by atoms with E-state index < -0.39 is 30.3 Å². The molecule has 7 nitrogen and oxygen atoms in total. The van der Waals surface area contributed by atoms with Crippen LogP contribution in [0.15, 0.2) is 0 Å². The Hall–Kier alpha value is -0.730. The number of rotatable bonds is 7. The fraction of sp³-hybridized carbons (Fsp3) is 0.917. The van der Waals surface area contributed by atoms with Crippen molar-refractivity contribution in [1.29, 1.82) is 0 Å². The van der Waals surface area contributed by atoms with E-state index in [1.54, 1.807) is 0 Å². The Morgan fingerprint density at radius 3 is 2.37 bits per heavy atom. The van der Waals surface area contributed by atoms with E-state index >= 15 is 0 Å². The highest BCUT2D eigenvalue weighted by Gasteiger charge is 2.47. The van der Waals surface area contributed by atoms with Crippen molar-refractivity contribution >= 4 is 5.97 Å². The zero-order chi connectivity index (χ0) is 14.6. The molecule has 1 aliphatic heterocycles. The number of hydrogen-bond acceptors (Lipinski definition) is 6. The van der Waals surface area contributed by atoms with E-state index in [0.29, 0.717) is 6.42 Å². The maximum atomic E-state index is 10.9. The van der Waals surface area contributed by atoms with Gasteiger partial charge in [0.05, 0.1) is 31.4 Å². The summed E-state index contributed by atoms with van der Waals surface area (Å²) in [6.07, 6.45) is -0.109. The van der Waals surface area contributed by atoms with Gasteiger partial charge in [0, 0.05) is 12.1 Å². The molecule has 7 heteroatoms. The molecule has 0 saturated carbocycles. The highest BCUT2D eigenvalue weighted by atomic mass is 16.4. The molecule has 1 fully saturated rings. The summed E-state index contributed by atoms with van der Waals surface area (Å²) in [6.45, 7) is 1.20. The lowest BCUT2D eigenvalue weighted by molar-refractivity contribution is -0.139. The quantitative estimate of drug-likeness (QED) is 0.377. The monoisotopic (exact) mass is 276 g/mol. The van der Waals surface area contributed by atoms with Crippen LogP contribution in [0.5, 0.6) is 0 Å². The minimum atomic E-state index is -1.12. The highest BCUT2D eigenvalue weighted by Crippen LogP contribution is 2.28. The molecule has 0 spiro atoms. The molecule has 5 atom stereocenters. The van der Waals surface area contributed by atoms with E-state index in [0.717, 1.165) is 12.8 Å². The van der Waals surface area contributed by atoms with Gasteiger partial charge in [-0.25, -0.2) is 0 Å². The average molecular weight is 276 g/mol. The Morgan fingerprint density at radius 1 is 1.32 bits per heavy atom. The van der Waals surface area contributed by atoms with E-state index in [-0.39, 0.29) is 19.2 Å². The van der Waals surface area contributed by atoms with Crippen LogP contribution in [0.1, 0.15) is 26.2 Å². The maximum Gasteiger partial charge on any atom is 0.317 e. The van der Waals surface area contributed by atoms with Gasteiger partial charge in [0.15, 0.2) is 0 Å². The number of aliphatic carboxylic acids is 1. The van der Waals surface area contributed by atoms with Gasteiger partial charge < -0.3 is 26.2 Å². The number of carbonyl (C=O) groups is 1. The summed E-state index contributed by atoms with van der Waals surface area (Å²) in [5.74, 6) is -1.04. The number of likely N-dealkylation sites (tertiary alicyclic amines) is 1. The summed E-state index contributed by atoms with van der Waals surface area (Å²) in [5.41, 5.74) is 5.65. The predicted octanol–water partition coefficient (Wildman–Crippen LogP) is -1.64. The molecule has 0 radical (unpaired) electrons. The molecule has 1 heterocycles. The SMILES string of the molecule is CC(N)CCCC1C(O)C(O)C(CO)N1CC(=O)O. The average Bonchev–Trinajstić information content (AvgIpc) is 2.52. The van der Waals surface area contributed by atoms with Crippen molar-refractivity contribution in [1.82, 2.24) is 4.90 Å². The van der Waals surface area contributed by atoms with Gasteiger partial charge in [-0.1, -0.05) is 6.42 Å². The fourth-order valence-electron chi connectivity index (χ4n) is 2.68. The van der Waals surface area contributed by atoms with Gasteiger partial charge in [-0.3, -0.25) is 9.69 Å². The lowest BCUT2D eigenvalue weighted by Gasteiger charge is -2.28. The molecular formula is C12H24N2O5. The van der Waals surface area contributed by atoms with Crippen molar-refractivity contribution in [3.63, 3.8) is 0 Å². The number of nitrogens with two attached hydrogens (primary N) is 1. The number of aliphatic hydroxyl groups is 3. The third-order valence-electron chi connectivity index (χ3n) is 3.65. The van der Waals surface area contributed by atoms with Gasteiger partial charge in [0.25, 0.3) is 0 Å². The zero-order valence-electron chi connectivity index (χ0n) is 11.1. The minimum Gasteiger partial charge on any atom is -0.480 e. The first kappa shape index (κ1) is 16.3. The van der Waals surface area contributed by atoms with E-state index in [9.17, 15) is 20.1 Å². The molecular weight excluding hydrogens is 252 g/mol. The largest absolute Gasteiger partial charge is 0.480 e. The minimum absolute atomic E-state index is 0.0463. The zero-order valence-corrected chi connectivity index (χ0v) is 11.1. The maximum absolute atomic E-state index is 10.9. The molecule has 1 aliphatic rings. The molecule has 0 aromatic heterocycles. The summed E-state index contributed by atoms with van der Waals surface area (Å²) < 4.78 is 0. The molecule has 0 aliphatic carbocycles. The summed E-state index contributed by atoms with van der Waals surface area (Å²) in [7, 11) is 0. The predicted molar refractivity (Wildman–Crippen MR) is 68.5 cm³/mol. The van der Waals surface area contributed by atoms with Gasteiger partial charge in [-0.2, -0.15) is 0 Å². The topological polar surface area (TPSA) is 127 Å². The van der Waals surface area contributed by atoms with Crippen molar-refractivity contribution in [3.05, 3.63) is 0 Å². The van der Waals surface area contributed by atoms with Crippen LogP contribution in [-0.4, -0.2) is 74.8 Å². The third kappa shape index (κ3) is 4.12. The van der Waals surface area contributed by atoms with E-state index in [1.165, 1.54) is 4.90 Å². The molecule has 6 N–H and O–H groups in total. The molecule has 19 heavy (non-hydrogen) atoms. The van der Waals surface area contributed by atoms with Crippen molar-refractivity contribution in [2.24, 2.45) is 5.73 Å². The lowest BCUT2D eigenvalue weighted by atomic mass is 10.0. The Labute approximate surface area is 112 Å². The van der Waals surface area contributed by atoms with Gasteiger partial charge >= 0.3 is 5.97 Å². The Morgan fingerprint density at radius 2 is 1.89 bits per heavy atom. The number of carboxylic acid groups (broad SMARTS) is 1. The van der Waals surface area contributed by atoms with Crippen LogP contribution in [0.3, 0.4) is 0 Å². The van der Waals surface area contributed by atoms with Gasteiger partial charge in [-0.05, 0) is 19.8 Å². The van der Waals surface area contributed by atoms with Gasteiger partial charge in [-0.15, -0.1) is 0 Å². The van der Waals surface area contributed by atoms with Crippen molar-refractivity contribution in [2.45, 2.75) is 56.5 Å². The molecule has 0 amide bonds. The smallest absolute Gasteiger partial charge is 0.317 e. The summed E-state index contributed by atoms with van der Waals surface area (Å²) in [5, 5.41) is 38.0. The second-order valence-corrected chi connectivity index (χ2v) is 5.27. The molecule has 112 valence electrons. The first-order chi connectivity index (χ1) is 8.88.